The molecule has 1 heterocycles. The first-order valence-electron chi connectivity index (χ1n) is 6.63. The first-order valence-corrected chi connectivity index (χ1v) is 6.63. The van der Waals surface area contributed by atoms with Crippen LogP contribution in [0.3, 0.4) is 0 Å². The third kappa shape index (κ3) is 4.31. The molecule has 0 aromatic heterocycles. The Hall–Kier alpha value is -1.15. The lowest BCUT2D eigenvalue weighted by molar-refractivity contribution is 0.235. The van der Waals surface area contributed by atoms with Gasteiger partial charge in [-0.25, -0.2) is 0 Å². The van der Waals surface area contributed by atoms with Crippen LogP contribution in [0, 0.1) is 6.92 Å². The number of nitrogens with zero attached hydrogens (tertiary/aromatic N) is 2. The molecular weight excluding hydrogens is 208 g/mol. The van der Waals surface area contributed by atoms with Crippen LogP contribution in [0.5, 0.6) is 0 Å². The molecule has 1 aromatic rings. The van der Waals surface area contributed by atoms with E-state index in [1.165, 1.54) is 43.5 Å². The average molecular weight is 230 g/mol. The topological polar surface area (TPSA) is 15.6 Å². The van der Waals surface area contributed by atoms with Gasteiger partial charge in [-0.3, -0.25) is 4.99 Å². The summed E-state index contributed by atoms with van der Waals surface area (Å²) < 4.78 is 0. The van der Waals surface area contributed by atoms with Crippen LogP contribution in [0.1, 0.15) is 30.4 Å². The number of hydrogen-bond donors (Lipinski definition) is 0. The fourth-order valence-corrected chi connectivity index (χ4v) is 2.20. The molecule has 1 aliphatic heterocycles. The summed E-state index contributed by atoms with van der Waals surface area (Å²) in [4.78, 5) is 7.02. The summed E-state index contributed by atoms with van der Waals surface area (Å²) in [6.45, 7) is 6.67. The van der Waals surface area contributed by atoms with E-state index in [9.17, 15) is 0 Å². The predicted octanol–water partition coefficient (Wildman–Crippen LogP) is 2.90. The third-order valence-corrected chi connectivity index (χ3v) is 3.31. The molecule has 2 nitrogen and oxygen atoms in total. The Kier molecular flexibility index (Phi) is 4.75. The predicted molar refractivity (Wildman–Crippen MR) is 73.9 cm³/mol. The molecule has 1 aromatic carbocycles. The Balaban J connectivity index is 1.72. The van der Waals surface area contributed by atoms with Crippen LogP contribution in [0.4, 0.5) is 0 Å². The molecule has 0 spiro atoms. The Morgan fingerprint density at radius 2 is 1.82 bits per heavy atom. The fourth-order valence-electron chi connectivity index (χ4n) is 2.20. The van der Waals surface area contributed by atoms with Gasteiger partial charge in [-0.15, -0.1) is 0 Å². The normalized spacial score (nSPS) is 17.7. The van der Waals surface area contributed by atoms with Gasteiger partial charge in [0.1, 0.15) is 0 Å². The van der Waals surface area contributed by atoms with Crippen molar-refractivity contribution in [2.24, 2.45) is 4.99 Å². The van der Waals surface area contributed by atoms with Crippen LogP contribution in [0.25, 0.3) is 0 Å². The molecule has 0 bridgehead atoms. The van der Waals surface area contributed by atoms with Crippen LogP contribution >= 0.6 is 0 Å². The van der Waals surface area contributed by atoms with Crippen LogP contribution in [-0.2, 0) is 0 Å². The van der Waals surface area contributed by atoms with Crippen molar-refractivity contribution in [2.75, 3.05) is 26.2 Å². The van der Waals surface area contributed by atoms with Gasteiger partial charge in [0, 0.05) is 12.8 Å². The molecule has 2 rings (SSSR count). The SMILES string of the molecule is Cc1ccc(C=NCCN2CCCCC2)cc1. The van der Waals surface area contributed by atoms with Crippen LogP contribution in [0.15, 0.2) is 29.3 Å². The number of piperidine rings is 1. The molecule has 0 amide bonds. The molecular formula is C15H22N2. The van der Waals surface area contributed by atoms with Gasteiger partial charge in [0.25, 0.3) is 0 Å². The molecule has 0 N–H and O–H groups in total. The first kappa shape index (κ1) is 12.3. The highest BCUT2D eigenvalue weighted by atomic mass is 15.1. The highest BCUT2D eigenvalue weighted by Crippen LogP contribution is 2.07. The maximum Gasteiger partial charge on any atom is 0.0517 e. The van der Waals surface area contributed by atoms with Gasteiger partial charge in [-0.1, -0.05) is 36.2 Å². The number of aliphatic imine (C=N–C) groups is 1. The fraction of sp³-hybridized carbons (Fsp3) is 0.533. The van der Waals surface area contributed by atoms with Gasteiger partial charge in [0.15, 0.2) is 0 Å². The van der Waals surface area contributed by atoms with Crippen LogP contribution in [0.2, 0.25) is 0 Å². The second kappa shape index (κ2) is 6.55. The molecule has 2 heteroatoms. The van der Waals surface area contributed by atoms with E-state index in [0.717, 1.165) is 13.1 Å². The number of aryl methyl sites for hydroxylation is 1. The van der Waals surface area contributed by atoms with Gasteiger partial charge in [-0.2, -0.15) is 0 Å². The molecule has 1 aliphatic rings. The van der Waals surface area contributed by atoms with E-state index in [2.05, 4.69) is 41.1 Å². The van der Waals surface area contributed by atoms with Crippen molar-refractivity contribution < 1.29 is 0 Å². The van der Waals surface area contributed by atoms with Gasteiger partial charge in [0.2, 0.25) is 0 Å². The lowest BCUT2D eigenvalue weighted by Gasteiger charge is -2.25. The quantitative estimate of drug-likeness (QED) is 0.726. The number of rotatable bonds is 4. The van der Waals surface area contributed by atoms with E-state index in [4.69, 9.17) is 0 Å². The van der Waals surface area contributed by atoms with Crippen molar-refractivity contribution in [1.29, 1.82) is 0 Å². The van der Waals surface area contributed by atoms with Gasteiger partial charge >= 0.3 is 0 Å². The van der Waals surface area contributed by atoms with Gasteiger partial charge in [-0.05, 0) is 38.4 Å². The highest BCUT2D eigenvalue weighted by molar-refractivity contribution is 5.79. The van der Waals surface area contributed by atoms with Crippen LogP contribution in [-0.4, -0.2) is 37.3 Å². The molecule has 0 unspecified atom stereocenters. The first-order chi connectivity index (χ1) is 8.34. The average Bonchev–Trinajstić information content (AvgIpc) is 2.38. The smallest absolute Gasteiger partial charge is 0.0517 e. The zero-order valence-electron chi connectivity index (χ0n) is 10.7. The molecule has 0 atom stereocenters. The molecule has 0 aliphatic carbocycles. The third-order valence-electron chi connectivity index (χ3n) is 3.31. The lowest BCUT2D eigenvalue weighted by atomic mass is 10.1. The molecule has 17 heavy (non-hydrogen) atoms. The maximum absolute atomic E-state index is 4.50. The van der Waals surface area contributed by atoms with Crippen molar-refractivity contribution in [3.63, 3.8) is 0 Å². The molecule has 0 saturated carbocycles. The van der Waals surface area contributed by atoms with E-state index in [0.29, 0.717) is 0 Å². The number of benzene rings is 1. The van der Waals surface area contributed by atoms with E-state index in [1.807, 2.05) is 6.21 Å². The van der Waals surface area contributed by atoms with Crippen molar-refractivity contribution in [2.45, 2.75) is 26.2 Å². The minimum absolute atomic E-state index is 0.924. The Morgan fingerprint density at radius 3 is 2.53 bits per heavy atom. The monoisotopic (exact) mass is 230 g/mol. The molecule has 1 fully saturated rings. The summed E-state index contributed by atoms with van der Waals surface area (Å²) in [7, 11) is 0. The molecule has 0 radical (unpaired) electrons. The van der Waals surface area contributed by atoms with Crippen molar-refractivity contribution >= 4 is 6.21 Å². The Bertz CT molecular complexity index is 348. The summed E-state index contributed by atoms with van der Waals surface area (Å²) in [5, 5.41) is 0. The summed E-state index contributed by atoms with van der Waals surface area (Å²) in [6, 6.07) is 8.51. The van der Waals surface area contributed by atoms with Gasteiger partial charge < -0.3 is 4.90 Å². The lowest BCUT2D eigenvalue weighted by Crippen LogP contribution is -2.31. The second-order valence-corrected chi connectivity index (χ2v) is 4.85. The summed E-state index contributed by atoms with van der Waals surface area (Å²) in [6.07, 6.45) is 6.12. The van der Waals surface area contributed by atoms with E-state index >= 15 is 0 Å². The van der Waals surface area contributed by atoms with Crippen molar-refractivity contribution in [1.82, 2.24) is 4.90 Å². The van der Waals surface area contributed by atoms with Crippen LogP contribution < -0.4 is 0 Å². The highest BCUT2D eigenvalue weighted by Gasteiger charge is 2.08. The number of likely N-dealkylation sites (tertiary alicyclic amines) is 1. The molecule has 92 valence electrons. The largest absolute Gasteiger partial charge is 0.301 e. The van der Waals surface area contributed by atoms with Crippen molar-refractivity contribution in [3.8, 4) is 0 Å². The summed E-state index contributed by atoms with van der Waals surface area (Å²) in [5.41, 5.74) is 2.50. The summed E-state index contributed by atoms with van der Waals surface area (Å²) >= 11 is 0. The van der Waals surface area contributed by atoms with E-state index < -0.39 is 0 Å². The maximum atomic E-state index is 4.50. The number of hydrogen-bond acceptors (Lipinski definition) is 2. The Labute approximate surface area is 104 Å². The zero-order chi connectivity index (χ0) is 11.9. The standard InChI is InChI=1S/C15H22N2/c1-14-5-7-15(8-6-14)13-16-9-12-17-10-3-2-4-11-17/h5-8,13H,2-4,9-12H2,1H3. The van der Waals surface area contributed by atoms with Gasteiger partial charge in [0.05, 0.1) is 6.54 Å². The molecule has 1 saturated heterocycles. The second-order valence-electron chi connectivity index (χ2n) is 4.85. The minimum Gasteiger partial charge on any atom is -0.301 e. The zero-order valence-corrected chi connectivity index (χ0v) is 10.7. The van der Waals surface area contributed by atoms with Crippen molar-refractivity contribution in [3.05, 3.63) is 35.4 Å². The van der Waals surface area contributed by atoms with E-state index in [-0.39, 0.29) is 0 Å². The summed E-state index contributed by atoms with van der Waals surface area (Å²) in [5.74, 6) is 0. The Morgan fingerprint density at radius 1 is 1.12 bits per heavy atom. The van der Waals surface area contributed by atoms with E-state index in [1.54, 1.807) is 0 Å². The minimum atomic E-state index is 0.924.